The number of β-amino-alcohol motifs (C(OH)–C–C–N with tert-alkyl or cyclic N) is 1. The zero-order chi connectivity index (χ0) is 23.1. The second-order valence-electron chi connectivity index (χ2n) is 8.40. The molecule has 0 unspecified atom stereocenters. The van der Waals surface area contributed by atoms with E-state index in [9.17, 15) is 27.9 Å². The lowest BCUT2D eigenvalue weighted by Crippen LogP contribution is -2.58. The zero-order valence-electron chi connectivity index (χ0n) is 17.4. The molecule has 11 heteroatoms. The summed E-state index contributed by atoms with van der Waals surface area (Å²) in [5, 5.41) is 17.1. The first kappa shape index (κ1) is 23.6. The van der Waals surface area contributed by atoms with Gasteiger partial charge in [-0.25, -0.2) is 4.68 Å². The zero-order valence-corrected chi connectivity index (χ0v) is 18.3. The standard InChI is InChI=1S/C20H25F3N4O3S/c1-11(2)17-15-6-12(20(21,22)23)4-5-14(15)18(30)27(25-17)9-16(29)24-19(31)7-13(28)8-26(3)10-19/h4-6,11,13,28,31H,7-10H2,1-3H3,(H,24,29)/t13-,19-/m1/s1. The molecule has 2 heterocycles. The number of carbonyl (C=O) groups excluding carboxylic acids is 1. The molecule has 1 aliphatic heterocycles. The summed E-state index contributed by atoms with van der Waals surface area (Å²) in [6, 6.07) is 2.89. The number of aliphatic hydroxyl groups is 1. The number of aliphatic hydroxyl groups excluding tert-OH is 1. The molecule has 1 aliphatic rings. The first-order valence-corrected chi connectivity index (χ1v) is 10.3. The predicted molar refractivity (Wildman–Crippen MR) is 113 cm³/mol. The van der Waals surface area contributed by atoms with Gasteiger partial charge in [-0.05, 0) is 31.2 Å². The van der Waals surface area contributed by atoms with Gasteiger partial charge in [0.05, 0.1) is 27.6 Å². The summed E-state index contributed by atoms with van der Waals surface area (Å²) in [4.78, 5) is 26.3. The van der Waals surface area contributed by atoms with Gasteiger partial charge in [0.1, 0.15) is 6.54 Å². The van der Waals surface area contributed by atoms with E-state index >= 15 is 0 Å². The summed E-state index contributed by atoms with van der Waals surface area (Å²) >= 11 is 4.50. The van der Waals surface area contributed by atoms with E-state index in [1.807, 2.05) is 4.90 Å². The normalized spacial score (nSPS) is 22.8. The Balaban J connectivity index is 1.94. The number of halogens is 3. The van der Waals surface area contributed by atoms with Crippen LogP contribution in [0.4, 0.5) is 13.2 Å². The fourth-order valence-electron chi connectivity index (χ4n) is 3.94. The average molecular weight is 459 g/mol. The van der Waals surface area contributed by atoms with Gasteiger partial charge in [-0.3, -0.25) is 9.59 Å². The lowest BCUT2D eigenvalue weighted by molar-refractivity contribution is -0.137. The molecular weight excluding hydrogens is 433 g/mol. The first-order valence-electron chi connectivity index (χ1n) is 9.81. The van der Waals surface area contributed by atoms with Gasteiger partial charge in [0.2, 0.25) is 5.91 Å². The fraction of sp³-hybridized carbons (Fsp3) is 0.550. The van der Waals surface area contributed by atoms with Gasteiger partial charge in [-0.2, -0.15) is 18.3 Å². The van der Waals surface area contributed by atoms with E-state index in [1.165, 1.54) is 0 Å². The minimum atomic E-state index is -4.55. The maximum atomic E-state index is 13.1. The van der Waals surface area contributed by atoms with Crippen LogP contribution in [0, 0.1) is 0 Å². The van der Waals surface area contributed by atoms with Crippen LogP contribution in [0.5, 0.6) is 0 Å². The maximum absolute atomic E-state index is 13.1. The quantitative estimate of drug-likeness (QED) is 0.482. The van der Waals surface area contributed by atoms with Crippen LogP contribution in [0.15, 0.2) is 23.0 Å². The highest BCUT2D eigenvalue weighted by Crippen LogP contribution is 2.32. The number of nitrogens with zero attached hydrogens (tertiary/aromatic N) is 3. The number of piperidine rings is 1. The van der Waals surface area contributed by atoms with Gasteiger partial charge >= 0.3 is 6.18 Å². The maximum Gasteiger partial charge on any atom is 0.416 e. The van der Waals surface area contributed by atoms with Crippen molar-refractivity contribution in [3.05, 3.63) is 39.8 Å². The number of rotatable bonds is 4. The molecule has 0 spiro atoms. The monoisotopic (exact) mass is 458 g/mol. The van der Waals surface area contributed by atoms with E-state index in [1.54, 1.807) is 20.9 Å². The number of alkyl halides is 3. The number of likely N-dealkylation sites (N-methyl/N-ethyl adjacent to an activating group) is 1. The second kappa shape index (κ2) is 8.44. The third-order valence-corrected chi connectivity index (χ3v) is 5.59. The van der Waals surface area contributed by atoms with Crippen LogP contribution in [0.3, 0.4) is 0 Å². The Morgan fingerprint density at radius 1 is 1.39 bits per heavy atom. The van der Waals surface area contributed by atoms with Crippen molar-refractivity contribution in [2.24, 2.45) is 0 Å². The van der Waals surface area contributed by atoms with E-state index in [0.717, 1.165) is 22.9 Å². The van der Waals surface area contributed by atoms with Crippen molar-refractivity contribution in [3.63, 3.8) is 0 Å². The Labute approximate surface area is 182 Å². The summed E-state index contributed by atoms with van der Waals surface area (Å²) in [7, 11) is 1.79. The third-order valence-electron chi connectivity index (χ3n) is 5.16. The summed E-state index contributed by atoms with van der Waals surface area (Å²) in [5.41, 5.74) is -1.23. The van der Waals surface area contributed by atoms with Crippen molar-refractivity contribution < 1.29 is 23.1 Å². The molecule has 2 atom stereocenters. The minimum absolute atomic E-state index is 0.0629. The van der Waals surface area contributed by atoms with Crippen LogP contribution in [0.25, 0.3) is 10.8 Å². The number of benzene rings is 1. The SMILES string of the molecule is CC(C)c1nn(CC(=O)N[C@@]2(S)C[C@@H](O)CN(C)C2)c(=O)c2ccc(C(F)(F)F)cc12. The lowest BCUT2D eigenvalue weighted by atomic mass is 10.0. The molecule has 0 radical (unpaired) electrons. The molecular formula is C20H25F3N4O3S. The number of likely N-dealkylation sites (tertiary alicyclic amines) is 1. The highest BCUT2D eigenvalue weighted by Gasteiger charge is 2.36. The van der Waals surface area contributed by atoms with Crippen LogP contribution in [0.1, 0.15) is 37.4 Å². The van der Waals surface area contributed by atoms with Crippen molar-refractivity contribution in [2.75, 3.05) is 20.1 Å². The number of hydrogen-bond donors (Lipinski definition) is 3. The highest BCUT2D eigenvalue weighted by atomic mass is 32.1. The molecule has 0 bridgehead atoms. The van der Waals surface area contributed by atoms with Crippen LogP contribution in [-0.4, -0.2) is 56.8 Å². The third kappa shape index (κ3) is 5.21. The minimum Gasteiger partial charge on any atom is -0.392 e. The molecule has 3 rings (SSSR count). The van der Waals surface area contributed by atoms with Gasteiger partial charge in [0, 0.05) is 24.9 Å². The number of carbonyl (C=O) groups is 1. The number of hydrogen-bond acceptors (Lipinski definition) is 6. The average Bonchev–Trinajstić information content (AvgIpc) is 2.60. The van der Waals surface area contributed by atoms with Gasteiger partial charge in [-0.1, -0.05) is 13.8 Å². The summed E-state index contributed by atoms with van der Waals surface area (Å²) in [5.74, 6) is -0.813. The molecule has 0 aliphatic carbocycles. The smallest absolute Gasteiger partial charge is 0.392 e. The number of thiol groups is 1. The second-order valence-corrected chi connectivity index (χ2v) is 9.25. The van der Waals surface area contributed by atoms with E-state index in [4.69, 9.17) is 0 Å². The molecule has 1 saturated heterocycles. The van der Waals surface area contributed by atoms with E-state index in [2.05, 4.69) is 23.0 Å². The Bertz CT molecular complexity index is 1040. The van der Waals surface area contributed by atoms with Crippen molar-refractivity contribution in [3.8, 4) is 0 Å². The van der Waals surface area contributed by atoms with E-state index in [0.29, 0.717) is 18.8 Å². The van der Waals surface area contributed by atoms with Crippen molar-refractivity contribution in [2.45, 2.75) is 49.9 Å². The summed E-state index contributed by atoms with van der Waals surface area (Å²) in [6.07, 6.45) is -4.96. The highest BCUT2D eigenvalue weighted by molar-refractivity contribution is 7.81. The van der Waals surface area contributed by atoms with Gasteiger partial charge in [0.25, 0.3) is 5.56 Å². The van der Waals surface area contributed by atoms with Crippen molar-refractivity contribution in [1.82, 2.24) is 20.0 Å². The van der Waals surface area contributed by atoms with Gasteiger partial charge in [0.15, 0.2) is 0 Å². The largest absolute Gasteiger partial charge is 0.416 e. The van der Waals surface area contributed by atoms with E-state index in [-0.39, 0.29) is 23.1 Å². The Morgan fingerprint density at radius 3 is 2.65 bits per heavy atom. The molecule has 1 aromatic heterocycles. The first-order chi connectivity index (χ1) is 14.3. The molecule has 1 amide bonds. The van der Waals surface area contributed by atoms with E-state index < -0.39 is 40.7 Å². The molecule has 1 fully saturated rings. The number of nitrogens with one attached hydrogen (secondary N) is 1. The fourth-order valence-corrected chi connectivity index (χ4v) is 4.51. The van der Waals surface area contributed by atoms with Crippen molar-refractivity contribution in [1.29, 1.82) is 0 Å². The van der Waals surface area contributed by atoms with Gasteiger partial charge < -0.3 is 15.3 Å². The van der Waals surface area contributed by atoms with Crippen LogP contribution in [0.2, 0.25) is 0 Å². The summed E-state index contributed by atoms with van der Waals surface area (Å²) in [6.45, 7) is 3.94. The van der Waals surface area contributed by atoms with Crippen LogP contribution < -0.4 is 10.9 Å². The van der Waals surface area contributed by atoms with Crippen LogP contribution in [-0.2, 0) is 17.5 Å². The number of aromatic nitrogens is 2. The predicted octanol–water partition coefficient (Wildman–Crippen LogP) is 1.98. The molecule has 7 nitrogen and oxygen atoms in total. The molecule has 1 aromatic carbocycles. The molecule has 2 aromatic rings. The van der Waals surface area contributed by atoms with Gasteiger partial charge in [-0.15, -0.1) is 12.6 Å². The lowest BCUT2D eigenvalue weighted by Gasteiger charge is -2.40. The summed E-state index contributed by atoms with van der Waals surface area (Å²) < 4.78 is 40.3. The Kier molecular flexibility index (Phi) is 6.41. The molecule has 0 saturated carbocycles. The molecule has 31 heavy (non-hydrogen) atoms. The van der Waals surface area contributed by atoms with Crippen LogP contribution >= 0.6 is 12.6 Å². The Morgan fingerprint density at radius 2 is 2.06 bits per heavy atom. The number of fused-ring (bicyclic) bond motifs is 1. The molecule has 170 valence electrons. The molecule has 2 N–H and O–H groups in total. The number of amides is 1. The Hall–Kier alpha value is -2.11. The van der Waals surface area contributed by atoms with Crippen molar-refractivity contribution >= 4 is 29.3 Å². The topological polar surface area (TPSA) is 87.5 Å².